The average Bonchev–Trinajstić information content (AvgIpc) is 3.44. The average molecular weight is 564 g/mol. The number of halogens is 1. The minimum atomic E-state index is -0.654. The zero-order valence-electron chi connectivity index (χ0n) is 22.5. The molecule has 6 rings (SSSR count). The number of ether oxygens (including phenoxy) is 1. The van der Waals surface area contributed by atoms with Crippen LogP contribution in [-0.4, -0.2) is 49.4 Å². The highest BCUT2D eigenvalue weighted by Gasteiger charge is 2.44. The Morgan fingerprint density at radius 1 is 1.10 bits per heavy atom. The van der Waals surface area contributed by atoms with Gasteiger partial charge in [0.15, 0.2) is 0 Å². The molecule has 2 fully saturated rings. The van der Waals surface area contributed by atoms with Gasteiger partial charge in [-0.25, -0.2) is 4.98 Å². The predicted octanol–water partition coefficient (Wildman–Crippen LogP) is 6.69. The summed E-state index contributed by atoms with van der Waals surface area (Å²) < 4.78 is 8.65. The fourth-order valence-electron chi connectivity index (χ4n) is 6.54. The summed E-state index contributed by atoms with van der Waals surface area (Å²) in [5.74, 6) is 0.823. The van der Waals surface area contributed by atoms with Crippen LogP contribution >= 0.6 is 22.9 Å². The Balaban J connectivity index is 1.15. The van der Waals surface area contributed by atoms with Crippen LogP contribution < -0.4 is 10.3 Å². The summed E-state index contributed by atoms with van der Waals surface area (Å²) in [4.78, 5) is 21.5. The van der Waals surface area contributed by atoms with Crippen molar-refractivity contribution in [1.82, 2.24) is 14.5 Å². The first-order chi connectivity index (χ1) is 18.6. The van der Waals surface area contributed by atoms with Crippen molar-refractivity contribution >= 4 is 33.2 Å². The van der Waals surface area contributed by atoms with Crippen LogP contribution in [0.1, 0.15) is 52.9 Å². The molecule has 8 heteroatoms. The van der Waals surface area contributed by atoms with Gasteiger partial charge in [0.25, 0.3) is 5.56 Å². The normalized spacial score (nSPS) is 22.3. The molecule has 204 valence electrons. The van der Waals surface area contributed by atoms with Gasteiger partial charge in [-0.15, -0.1) is 11.3 Å². The first kappa shape index (κ1) is 26.5. The Bertz CT molecular complexity index is 1510. The highest BCUT2D eigenvalue weighted by atomic mass is 35.5. The van der Waals surface area contributed by atoms with E-state index in [1.54, 1.807) is 10.9 Å². The number of benzene rings is 2. The van der Waals surface area contributed by atoms with E-state index in [0.717, 1.165) is 41.1 Å². The van der Waals surface area contributed by atoms with Gasteiger partial charge >= 0.3 is 0 Å². The molecule has 6 nitrogen and oxygen atoms in total. The maximum Gasteiger partial charge on any atom is 0.275 e. The molecule has 2 aliphatic heterocycles. The Morgan fingerprint density at radius 2 is 1.77 bits per heavy atom. The van der Waals surface area contributed by atoms with Gasteiger partial charge < -0.3 is 9.84 Å². The number of nitrogens with zero attached hydrogens (tertiary/aromatic N) is 3. The molecule has 2 aromatic heterocycles. The summed E-state index contributed by atoms with van der Waals surface area (Å²) in [7, 11) is 0. The lowest BCUT2D eigenvalue weighted by Crippen LogP contribution is -2.51. The first-order valence-electron chi connectivity index (χ1n) is 13.7. The van der Waals surface area contributed by atoms with Gasteiger partial charge in [0, 0.05) is 28.0 Å². The number of aliphatic hydroxyl groups is 1. The largest absolute Gasteiger partial charge is 0.490 e. The van der Waals surface area contributed by atoms with E-state index in [4.69, 9.17) is 16.3 Å². The van der Waals surface area contributed by atoms with E-state index in [0.29, 0.717) is 33.4 Å². The molecule has 4 atom stereocenters. The van der Waals surface area contributed by atoms with Crippen molar-refractivity contribution in [1.29, 1.82) is 0 Å². The molecule has 2 bridgehead atoms. The third kappa shape index (κ3) is 5.50. The zero-order chi connectivity index (χ0) is 27.3. The Hall–Kier alpha value is -2.71. The zero-order valence-corrected chi connectivity index (χ0v) is 24.1. The maximum absolute atomic E-state index is 13.3. The van der Waals surface area contributed by atoms with Gasteiger partial charge in [0.1, 0.15) is 22.9 Å². The second-order valence-electron chi connectivity index (χ2n) is 11.7. The fraction of sp³-hybridized carbons (Fsp3) is 0.419. The van der Waals surface area contributed by atoms with Crippen LogP contribution in [0.5, 0.6) is 5.75 Å². The van der Waals surface area contributed by atoms with Crippen LogP contribution in [-0.2, 0) is 0 Å². The van der Waals surface area contributed by atoms with Crippen molar-refractivity contribution in [2.45, 2.75) is 82.7 Å². The van der Waals surface area contributed by atoms with E-state index in [-0.39, 0.29) is 11.7 Å². The van der Waals surface area contributed by atoms with Crippen molar-refractivity contribution in [3.05, 3.63) is 76.3 Å². The molecule has 0 amide bonds. The predicted molar refractivity (Wildman–Crippen MR) is 158 cm³/mol. The number of hydrogen-bond acceptors (Lipinski definition) is 6. The Labute approximate surface area is 237 Å². The van der Waals surface area contributed by atoms with Gasteiger partial charge in [-0.05, 0) is 101 Å². The van der Waals surface area contributed by atoms with Crippen molar-refractivity contribution in [3.8, 4) is 21.9 Å². The van der Waals surface area contributed by atoms with Crippen LogP contribution in [0.3, 0.4) is 0 Å². The second-order valence-corrected chi connectivity index (χ2v) is 13.1. The van der Waals surface area contributed by atoms with Crippen LogP contribution in [0.4, 0.5) is 0 Å². The molecule has 0 spiro atoms. The summed E-state index contributed by atoms with van der Waals surface area (Å²) in [6.07, 6.45) is 6.95. The molecular formula is C31H34ClN3O3S. The Kier molecular flexibility index (Phi) is 7.04. The van der Waals surface area contributed by atoms with Crippen molar-refractivity contribution < 1.29 is 9.84 Å². The molecule has 39 heavy (non-hydrogen) atoms. The molecule has 2 aliphatic rings. The van der Waals surface area contributed by atoms with Crippen LogP contribution in [0.15, 0.2) is 65.7 Å². The van der Waals surface area contributed by atoms with E-state index in [2.05, 4.69) is 16.8 Å². The summed E-state index contributed by atoms with van der Waals surface area (Å²) in [6, 6.07) is 18.7. The molecule has 1 unspecified atom stereocenters. The third-order valence-corrected chi connectivity index (χ3v) is 9.45. The van der Waals surface area contributed by atoms with Crippen molar-refractivity contribution in [2.24, 2.45) is 0 Å². The topological polar surface area (TPSA) is 67.6 Å². The Morgan fingerprint density at radius 3 is 2.41 bits per heavy atom. The van der Waals surface area contributed by atoms with Crippen LogP contribution in [0, 0.1) is 0 Å². The number of piperidine rings is 1. The van der Waals surface area contributed by atoms with E-state index < -0.39 is 5.60 Å². The molecule has 2 aromatic carbocycles. The van der Waals surface area contributed by atoms with Crippen molar-refractivity contribution in [2.75, 3.05) is 0 Å². The summed E-state index contributed by atoms with van der Waals surface area (Å²) >= 11 is 7.48. The number of aromatic nitrogens is 2. The van der Waals surface area contributed by atoms with Gasteiger partial charge in [0.2, 0.25) is 0 Å². The standard InChI is InChI=1S/C31H34ClN3O3S/c1-19(17-31(2,3)37)35-23-8-9-24(35)15-26(14-23)38-25-12-10-22(11-13-25)34-18-33-27-16-28(39-29(27)30(34)36)20-4-6-21(32)7-5-20/h4-7,10-13,16,18-19,23-24,26,37H,8-9,14-15,17H2,1-3H3/t19?,23-,24+,26+. The number of thiophene rings is 1. The van der Waals surface area contributed by atoms with Gasteiger partial charge in [-0.1, -0.05) is 23.7 Å². The SMILES string of the molecule is CC(CC(C)(C)O)N1[C@@H]2CC[C@H]1C[C@@H](Oc1ccc(-n3cnc4cc(-c5ccc(Cl)cc5)sc4c3=O)cc1)C2. The molecule has 2 saturated heterocycles. The minimum absolute atomic E-state index is 0.0806. The highest BCUT2D eigenvalue weighted by Crippen LogP contribution is 2.40. The number of hydrogen-bond donors (Lipinski definition) is 1. The summed E-state index contributed by atoms with van der Waals surface area (Å²) in [6.45, 7) is 6.03. The summed E-state index contributed by atoms with van der Waals surface area (Å²) in [5, 5.41) is 11.0. The van der Waals surface area contributed by atoms with Gasteiger partial charge in [-0.2, -0.15) is 0 Å². The van der Waals surface area contributed by atoms with E-state index >= 15 is 0 Å². The monoisotopic (exact) mass is 563 g/mol. The molecule has 4 aromatic rings. The lowest BCUT2D eigenvalue weighted by Gasteiger charge is -2.43. The van der Waals surface area contributed by atoms with E-state index in [1.807, 2.05) is 68.4 Å². The first-order valence-corrected chi connectivity index (χ1v) is 14.9. The van der Waals surface area contributed by atoms with E-state index in [9.17, 15) is 9.90 Å². The molecule has 0 radical (unpaired) electrons. The lowest BCUT2D eigenvalue weighted by atomic mass is 9.93. The van der Waals surface area contributed by atoms with Crippen molar-refractivity contribution in [3.63, 3.8) is 0 Å². The maximum atomic E-state index is 13.3. The van der Waals surface area contributed by atoms with Crippen LogP contribution in [0.2, 0.25) is 5.02 Å². The molecule has 0 saturated carbocycles. The highest BCUT2D eigenvalue weighted by molar-refractivity contribution is 7.22. The molecule has 4 heterocycles. The van der Waals surface area contributed by atoms with Crippen LogP contribution in [0.25, 0.3) is 26.3 Å². The fourth-order valence-corrected chi connectivity index (χ4v) is 7.71. The lowest BCUT2D eigenvalue weighted by molar-refractivity contribution is -0.0106. The quantitative estimate of drug-likeness (QED) is 0.271. The molecule has 1 N–H and O–H groups in total. The second kappa shape index (κ2) is 10.4. The third-order valence-electron chi connectivity index (χ3n) is 8.03. The smallest absolute Gasteiger partial charge is 0.275 e. The van der Waals surface area contributed by atoms with E-state index in [1.165, 1.54) is 24.2 Å². The number of rotatable bonds is 7. The summed E-state index contributed by atoms with van der Waals surface area (Å²) in [5.41, 5.74) is 1.74. The van der Waals surface area contributed by atoms with Gasteiger partial charge in [-0.3, -0.25) is 14.3 Å². The minimum Gasteiger partial charge on any atom is -0.490 e. The van der Waals surface area contributed by atoms with Gasteiger partial charge in [0.05, 0.1) is 16.8 Å². The number of fused-ring (bicyclic) bond motifs is 3. The molecule has 0 aliphatic carbocycles. The molecular weight excluding hydrogens is 530 g/mol.